The van der Waals surface area contributed by atoms with Crippen LogP contribution in [0.5, 0.6) is 0 Å². The fourth-order valence-electron chi connectivity index (χ4n) is 1.02. The van der Waals surface area contributed by atoms with Crippen LogP contribution in [0.4, 0.5) is 0 Å². The maximum Gasteiger partial charge on any atom is 0.0932 e. The molecule has 1 fully saturated rings. The largest absolute Gasteiger partial charge is 0.315 e. The maximum atomic E-state index is 10.6. The zero-order valence-electron chi connectivity index (χ0n) is 5.30. The van der Waals surface area contributed by atoms with E-state index in [1.807, 2.05) is 0 Å². The first kappa shape index (κ1) is 7.18. The highest BCUT2D eigenvalue weighted by Crippen LogP contribution is 2.04. The summed E-state index contributed by atoms with van der Waals surface area (Å²) in [5.74, 6) is 0. The number of piperidine rings is 1. The average molecular weight is 148 g/mol. The van der Waals surface area contributed by atoms with E-state index in [4.69, 9.17) is 5.14 Å². The Labute approximate surface area is 57.6 Å². The molecule has 1 saturated heterocycles. The van der Waals surface area contributed by atoms with E-state index in [2.05, 4.69) is 5.32 Å². The van der Waals surface area contributed by atoms with Crippen molar-refractivity contribution in [2.75, 3.05) is 13.1 Å². The van der Waals surface area contributed by atoms with Crippen molar-refractivity contribution in [2.45, 2.75) is 18.1 Å². The third kappa shape index (κ3) is 2.04. The molecule has 1 aliphatic heterocycles. The molecule has 0 radical (unpaired) electrons. The van der Waals surface area contributed by atoms with Gasteiger partial charge in [0.25, 0.3) is 0 Å². The molecule has 1 heterocycles. The lowest BCUT2D eigenvalue weighted by Gasteiger charge is -2.19. The van der Waals surface area contributed by atoms with E-state index in [0.717, 1.165) is 25.9 Å². The van der Waals surface area contributed by atoms with Crippen LogP contribution >= 0.6 is 0 Å². The van der Waals surface area contributed by atoms with Gasteiger partial charge in [-0.2, -0.15) is 0 Å². The van der Waals surface area contributed by atoms with Crippen LogP contribution in [0.25, 0.3) is 0 Å². The van der Waals surface area contributed by atoms with Gasteiger partial charge in [-0.3, -0.25) is 5.14 Å². The van der Waals surface area contributed by atoms with Crippen molar-refractivity contribution in [3.05, 3.63) is 0 Å². The molecule has 0 bridgehead atoms. The van der Waals surface area contributed by atoms with Crippen molar-refractivity contribution in [1.82, 2.24) is 5.32 Å². The highest BCUT2D eigenvalue weighted by atomic mass is 32.2. The maximum absolute atomic E-state index is 10.6. The predicted octanol–water partition coefficient (Wildman–Crippen LogP) is -0.639. The quantitative estimate of drug-likeness (QED) is 0.520. The molecule has 9 heavy (non-hydrogen) atoms. The number of hydrogen-bond acceptors (Lipinski definition) is 2. The average Bonchev–Trinajstić information content (AvgIpc) is 1.90. The molecule has 0 aromatic carbocycles. The first-order chi connectivity index (χ1) is 4.30. The van der Waals surface area contributed by atoms with Crippen LogP contribution in [0, 0.1) is 0 Å². The van der Waals surface area contributed by atoms with Gasteiger partial charge in [0.05, 0.1) is 16.2 Å². The minimum absolute atomic E-state index is 0.193. The van der Waals surface area contributed by atoms with E-state index in [1.165, 1.54) is 0 Å². The van der Waals surface area contributed by atoms with Gasteiger partial charge in [-0.15, -0.1) is 0 Å². The van der Waals surface area contributed by atoms with E-state index in [-0.39, 0.29) is 5.25 Å². The smallest absolute Gasteiger partial charge is 0.0932 e. The molecule has 0 aromatic heterocycles. The van der Waals surface area contributed by atoms with Crippen molar-refractivity contribution in [3.8, 4) is 0 Å². The van der Waals surface area contributed by atoms with Gasteiger partial charge < -0.3 is 5.32 Å². The molecule has 4 heteroatoms. The van der Waals surface area contributed by atoms with Gasteiger partial charge in [-0.1, -0.05) is 0 Å². The second-order valence-corrected chi connectivity index (χ2v) is 3.62. The first-order valence-electron chi connectivity index (χ1n) is 3.16. The summed E-state index contributed by atoms with van der Waals surface area (Å²) in [6.07, 6.45) is 2.11. The summed E-state index contributed by atoms with van der Waals surface area (Å²) in [7, 11) is -1.11. The molecule has 0 saturated carbocycles. The summed E-state index contributed by atoms with van der Waals surface area (Å²) in [6, 6.07) is 0. The van der Waals surface area contributed by atoms with Gasteiger partial charge in [-0.05, 0) is 19.4 Å². The van der Waals surface area contributed by atoms with E-state index in [1.54, 1.807) is 0 Å². The van der Waals surface area contributed by atoms with Gasteiger partial charge in [0.2, 0.25) is 0 Å². The molecule has 0 spiro atoms. The van der Waals surface area contributed by atoms with Crippen molar-refractivity contribution in [2.24, 2.45) is 5.14 Å². The zero-order valence-corrected chi connectivity index (χ0v) is 6.12. The van der Waals surface area contributed by atoms with Crippen LogP contribution in [0.3, 0.4) is 0 Å². The van der Waals surface area contributed by atoms with Gasteiger partial charge in [0.1, 0.15) is 0 Å². The Kier molecular flexibility index (Phi) is 2.63. The Morgan fingerprint density at radius 2 is 2.44 bits per heavy atom. The Balaban J connectivity index is 2.31. The fraction of sp³-hybridized carbons (Fsp3) is 1.00. The van der Waals surface area contributed by atoms with E-state index in [0.29, 0.717) is 0 Å². The molecule has 1 unspecified atom stereocenters. The van der Waals surface area contributed by atoms with Gasteiger partial charge >= 0.3 is 0 Å². The number of rotatable bonds is 1. The summed E-state index contributed by atoms with van der Waals surface area (Å²) >= 11 is 0. The molecule has 0 aliphatic carbocycles. The normalized spacial score (nSPS) is 31.9. The SMILES string of the molecule is N[S@](=O)C1CCCNC1. The first-order valence-corrected chi connectivity index (χ1v) is 4.44. The molecule has 2 atom stereocenters. The molecule has 1 aliphatic rings. The van der Waals surface area contributed by atoms with Crippen LogP contribution in [-0.4, -0.2) is 22.5 Å². The summed E-state index contributed by atoms with van der Waals surface area (Å²) in [4.78, 5) is 0. The number of hydrogen-bond donors (Lipinski definition) is 2. The lowest BCUT2D eigenvalue weighted by atomic mass is 10.2. The Morgan fingerprint density at radius 3 is 2.78 bits per heavy atom. The highest BCUT2D eigenvalue weighted by molar-refractivity contribution is 7.83. The van der Waals surface area contributed by atoms with Crippen LogP contribution < -0.4 is 10.5 Å². The monoisotopic (exact) mass is 148 g/mol. The molecule has 0 amide bonds. The third-order valence-electron chi connectivity index (χ3n) is 1.58. The van der Waals surface area contributed by atoms with Gasteiger partial charge in [0.15, 0.2) is 0 Å². The molecule has 3 N–H and O–H groups in total. The lowest BCUT2D eigenvalue weighted by Crippen LogP contribution is -2.38. The predicted molar refractivity (Wildman–Crippen MR) is 38.2 cm³/mol. The standard InChI is InChI=1S/C5H12N2OS/c6-9(8)5-2-1-3-7-4-5/h5,7H,1-4,6H2/t5?,9-/m1/s1. The van der Waals surface area contributed by atoms with Gasteiger partial charge in [0, 0.05) is 6.54 Å². The van der Waals surface area contributed by atoms with Crippen molar-refractivity contribution < 1.29 is 4.21 Å². The third-order valence-corrected chi connectivity index (χ3v) is 2.64. The van der Waals surface area contributed by atoms with Crippen LogP contribution in [0.2, 0.25) is 0 Å². The molecule has 0 aromatic rings. The summed E-state index contributed by atoms with van der Waals surface area (Å²) < 4.78 is 10.6. The van der Waals surface area contributed by atoms with Crippen LogP contribution in [0.1, 0.15) is 12.8 Å². The summed E-state index contributed by atoms with van der Waals surface area (Å²) in [6.45, 7) is 1.87. The minimum atomic E-state index is -1.11. The molecule has 54 valence electrons. The summed E-state index contributed by atoms with van der Waals surface area (Å²) in [5.41, 5.74) is 0. The number of nitrogens with two attached hydrogens (primary N) is 1. The number of nitrogens with one attached hydrogen (secondary N) is 1. The minimum Gasteiger partial charge on any atom is -0.315 e. The van der Waals surface area contributed by atoms with Crippen LogP contribution in [0.15, 0.2) is 0 Å². The van der Waals surface area contributed by atoms with E-state index in [9.17, 15) is 4.21 Å². The van der Waals surface area contributed by atoms with Crippen molar-refractivity contribution in [1.29, 1.82) is 0 Å². The molecular formula is C5H12N2OS. The van der Waals surface area contributed by atoms with Crippen LogP contribution in [-0.2, 0) is 11.0 Å². The van der Waals surface area contributed by atoms with Gasteiger partial charge in [-0.25, -0.2) is 4.21 Å². The molecular weight excluding hydrogens is 136 g/mol. The fourth-order valence-corrected chi connectivity index (χ4v) is 1.70. The zero-order chi connectivity index (χ0) is 6.69. The highest BCUT2D eigenvalue weighted by Gasteiger charge is 2.15. The molecule has 1 rings (SSSR count). The Bertz CT molecular complexity index is 112. The Morgan fingerprint density at radius 1 is 1.67 bits per heavy atom. The topological polar surface area (TPSA) is 55.1 Å². The summed E-state index contributed by atoms with van der Waals surface area (Å²) in [5, 5.41) is 8.54. The second kappa shape index (κ2) is 3.29. The van der Waals surface area contributed by atoms with Crippen molar-refractivity contribution in [3.63, 3.8) is 0 Å². The Hall–Kier alpha value is 0.0700. The van der Waals surface area contributed by atoms with E-state index >= 15 is 0 Å². The molecule has 3 nitrogen and oxygen atoms in total. The second-order valence-electron chi connectivity index (χ2n) is 2.30. The van der Waals surface area contributed by atoms with E-state index < -0.39 is 11.0 Å². The lowest BCUT2D eigenvalue weighted by molar-refractivity contribution is 0.520. The van der Waals surface area contributed by atoms with Crippen molar-refractivity contribution >= 4 is 11.0 Å².